The number of hydrogen-bond donors (Lipinski definition) is 0. The third-order valence-corrected chi connectivity index (χ3v) is 3.36. The van der Waals surface area contributed by atoms with Crippen molar-refractivity contribution in [1.29, 1.82) is 5.26 Å². The third kappa shape index (κ3) is 3.04. The Balaban J connectivity index is 2.26. The lowest BCUT2D eigenvalue weighted by Crippen LogP contribution is -2.19. The second-order valence-electron chi connectivity index (χ2n) is 6.39. The van der Waals surface area contributed by atoms with Crippen molar-refractivity contribution in [1.82, 2.24) is 0 Å². The van der Waals surface area contributed by atoms with Crippen LogP contribution in [0.4, 0.5) is 5.69 Å². The first kappa shape index (κ1) is 13.0. The molecule has 18 heavy (non-hydrogen) atoms. The second kappa shape index (κ2) is 5.02. The Labute approximate surface area is 110 Å². The average Bonchev–Trinajstić information content (AvgIpc) is 2.80. The monoisotopic (exact) mass is 242 g/mol. The Kier molecular flexibility index (Phi) is 3.61. The third-order valence-electron chi connectivity index (χ3n) is 3.36. The molecule has 0 N–H and O–H groups in total. The van der Waals surface area contributed by atoms with Crippen LogP contribution in [-0.4, -0.2) is 13.1 Å². The highest BCUT2D eigenvalue weighted by Crippen LogP contribution is 2.28. The van der Waals surface area contributed by atoms with Crippen LogP contribution in [0.25, 0.3) is 0 Å². The Morgan fingerprint density at radius 3 is 2.44 bits per heavy atom. The van der Waals surface area contributed by atoms with E-state index in [0.717, 1.165) is 30.8 Å². The highest BCUT2D eigenvalue weighted by atomic mass is 15.1. The normalized spacial score (nSPS) is 15.8. The van der Waals surface area contributed by atoms with Gasteiger partial charge < -0.3 is 4.90 Å². The molecule has 0 saturated carbocycles. The van der Waals surface area contributed by atoms with E-state index in [1.54, 1.807) is 0 Å². The molecule has 0 radical (unpaired) electrons. The molecule has 96 valence electrons. The van der Waals surface area contributed by atoms with Gasteiger partial charge in [-0.15, -0.1) is 0 Å². The van der Waals surface area contributed by atoms with Crippen LogP contribution >= 0.6 is 0 Å². The summed E-state index contributed by atoms with van der Waals surface area (Å²) in [5, 5.41) is 9.32. The van der Waals surface area contributed by atoms with E-state index >= 15 is 0 Å². The van der Waals surface area contributed by atoms with Gasteiger partial charge in [-0.1, -0.05) is 26.8 Å². The number of anilines is 1. The minimum Gasteiger partial charge on any atom is -0.370 e. The summed E-state index contributed by atoms with van der Waals surface area (Å²) in [6, 6.07) is 8.74. The molecule has 0 aromatic heterocycles. The van der Waals surface area contributed by atoms with Crippen LogP contribution in [0, 0.1) is 16.7 Å². The molecule has 0 atom stereocenters. The van der Waals surface area contributed by atoms with Gasteiger partial charge in [0.15, 0.2) is 0 Å². The average molecular weight is 242 g/mol. The molecule has 1 heterocycles. The standard InChI is InChI=1S/C16H22N2/c1-16(2,3)11-13-6-7-15(14(10-13)12-17)18-8-4-5-9-18/h6-7,10H,4-5,8-9,11H2,1-3H3. The fraction of sp³-hybridized carbons (Fsp3) is 0.562. The van der Waals surface area contributed by atoms with Gasteiger partial charge in [-0.2, -0.15) is 5.26 Å². The van der Waals surface area contributed by atoms with Crippen molar-refractivity contribution in [2.75, 3.05) is 18.0 Å². The second-order valence-corrected chi connectivity index (χ2v) is 6.39. The van der Waals surface area contributed by atoms with Crippen LogP contribution < -0.4 is 4.90 Å². The van der Waals surface area contributed by atoms with E-state index in [9.17, 15) is 5.26 Å². The first-order chi connectivity index (χ1) is 8.49. The molecule has 0 bridgehead atoms. The largest absolute Gasteiger partial charge is 0.370 e. The highest BCUT2D eigenvalue weighted by Gasteiger charge is 2.17. The lowest BCUT2D eigenvalue weighted by Gasteiger charge is -2.22. The zero-order chi connectivity index (χ0) is 13.2. The molecule has 0 aliphatic carbocycles. The lowest BCUT2D eigenvalue weighted by molar-refractivity contribution is 0.411. The molecule has 0 spiro atoms. The Bertz CT molecular complexity index is 457. The van der Waals surface area contributed by atoms with Crippen LogP contribution in [0.1, 0.15) is 44.7 Å². The van der Waals surface area contributed by atoms with Crippen molar-refractivity contribution in [2.24, 2.45) is 5.41 Å². The molecule has 2 rings (SSSR count). The van der Waals surface area contributed by atoms with E-state index in [1.165, 1.54) is 18.4 Å². The highest BCUT2D eigenvalue weighted by molar-refractivity contribution is 5.61. The zero-order valence-corrected chi connectivity index (χ0v) is 11.7. The molecule has 0 unspecified atom stereocenters. The molecule has 2 nitrogen and oxygen atoms in total. The van der Waals surface area contributed by atoms with Crippen molar-refractivity contribution in [3.8, 4) is 6.07 Å². The Morgan fingerprint density at radius 2 is 1.89 bits per heavy atom. The summed E-state index contributed by atoms with van der Waals surface area (Å²) in [4.78, 5) is 2.33. The summed E-state index contributed by atoms with van der Waals surface area (Å²) in [5.41, 5.74) is 3.48. The predicted molar refractivity (Wildman–Crippen MR) is 75.8 cm³/mol. The minimum absolute atomic E-state index is 0.266. The molecule has 1 aromatic carbocycles. The fourth-order valence-electron chi connectivity index (χ4n) is 2.63. The van der Waals surface area contributed by atoms with E-state index in [4.69, 9.17) is 0 Å². The SMILES string of the molecule is CC(C)(C)Cc1ccc(N2CCCC2)c(C#N)c1. The molecule has 1 aliphatic heterocycles. The van der Waals surface area contributed by atoms with E-state index in [0.29, 0.717) is 0 Å². The number of nitrogens with zero attached hydrogens (tertiary/aromatic N) is 2. The smallest absolute Gasteiger partial charge is 0.101 e. The summed E-state index contributed by atoms with van der Waals surface area (Å²) < 4.78 is 0. The first-order valence-corrected chi connectivity index (χ1v) is 6.77. The van der Waals surface area contributed by atoms with E-state index < -0.39 is 0 Å². The molecule has 1 aliphatic rings. The quantitative estimate of drug-likeness (QED) is 0.789. The van der Waals surface area contributed by atoms with Crippen LogP contribution in [0.2, 0.25) is 0 Å². The number of rotatable bonds is 2. The molecule has 1 aromatic rings. The molecule has 2 heteroatoms. The van der Waals surface area contributed by atoms with Crippen molar-refractivity contribution in [2.45, 2.75) is 40.0 Å². The van der Waals surface area contributed by atoms with Crippen molar-refractivity contribution in [3.05, 3.63) is 29.3 Å². The molecular weight excluding hydrogens is 220 g/mol. The maximum absolute atomic E-state index is 9.32. The van der Waals surface area contributed by atoms with Crippen LogP contribution in [0.3, 0.4) is 0 Å². The minimum atomic E-state index is 0.266. The number of benzene rings is 1. The van der Waals surface area contributed by atoms with Gasteiger partial charge in [-0.05, 0) is 42.4 Å². The van der Waals surface area contributed by atoms with Crippen molar-refractivity contribution < 1.29 is 0 Å². The van der Waals surface area contributed by atoms with Crippen LogP contribution in [0.5, 0.6) is 0 Å². The van der Waals surface area contributed by atoms with Crippen LogP contribution in [0.15, 0.2) is 18.2 Å². The predicted octanol–water partition coefficient (Wildman–Crippen LogP) is 3.75. The Hall–Kier alpha value is -1.49. The lowest BCUT2D eigenvalue weighted by atomic mass is 9.87. The van der Waals surface area contributed by atoms with Crippen molar-refractivity contribution >= 4 is 5.69 Å². The van der Waals surface area contributed by atoms with Gasteiger partial charge in [0.25, 0.3) is 0 Å². The van der Waals surface area contributed by atoms with Gasteiger partial charge in [0.1, 0.15) is 6.07 Å². The maximum atomic E-state index is 9.32. The molecule has 1 fully saturated rings. The zero-order valence-electron chi connectivity index (χ0n) is 11.7. The summed E-state index contributed by atoms with van der Waals surface area (Å²) in [5.74, 6) is 0. The fourth-order valence-corrected chi connectivity index (χ4v) is 2.63. The number of nitriles is 1. The maximum Gasteiger partial charge on any atom is 0.101 e. The van der Waals surface area contributed by atoms with Gasteiger partial charge >= 0.3 is 0 Å². The van der Waals surface area contributed by atoms with E-state index in [-0.39, 0.29) is 5.41 Å². The van der Waals surface area contributed by atoms with Gasteiger partial charge in [0.05, 0.1) is 11.3 Å². The molecular formula is C16H22N2. The molecule has 1 saturated heterocycles. The summed E-state index contributed by atoms with van der Waals surface area (Å²) in [6.45, 7) is 8.87. The molecule has 0 amide bonds. The first-order valence-electron chi connectivity index (χ1n) is 6.77. The number of hydrogen-bond acceptors (Lipinski definition) is 2. The van der Waals surface area contributed by atoms with Crippen LogP contribution in [-0.2, 0) is 6.42 Å². The van der Waals surface area contributed by atoms with Gasteiger partial charge in [-0.25, -0.2) is 0 Å². The van der Waals surface area contributed by atoms with Gasteiger partial charge in [0.2, 0.25) is 0 Å². The van der Waals surface area contributed by atoms with E-state index in [1.807, 2.05) is 0 Å². The topological polar surface area (TPSA) is 27.0 Å². The van der Waals surface area contributed by atoms with Gasteiger partial charge in [-0.3, -0.25) is 0 Å². The summed E-state index contributed by atoms with van der Waals surface area (Å²) in [7, 11) is 0. The summed E-state index contributed by atoms with van der Waals surface area (Å²) in [6.07, 6.45) is 3.51. The Morgan fingerprint density at radius 1 is 1.22 bits per heavy atom. The summed E-state index contributed by atoms with van der Waals surface area (Å²) >= 11 is 0. The van der Waals surface area contributed by atoms with Crippen molar-refractivity contribution in [3.63, 3.8) is 0 Å². The van der Waals surface area contributed by atoms with Gasteiger partial charge in [0, 0.05) is 13.1 Å². The van der Waals surface area contributed by atoms with E-state index in [2.05, 4.69) is 49.9 Å².